The highest BCUT2D eigenvalue weighted by Gasteiger charge is 2.36. The van der Waals surface area contributed by atoms with Gasteiger partial charge in [-0.1, -0.05) is 98.8 Å². The third-order valence-electron chi connectivity index (χ3n) is 9.45. The molecule has 0 spiro atoms. The zero-order valence-electron chi connectivity index (χ0n) is 23.8. The predicted molar refractivity (Wildman–Crippen MR) is 176 cm³/mol. The second-order valence-electron chi connectivity index (χ2n) is 12.0. The monoisotopic (exact) mass is 550 g/mol. The normalized spacial score (nSPS) is 13.5. The molecule has 0 amide bonds. The molecule has 0 N–H and O–H groups in total. The lowest BCUT2D eigenvalue weighted by molar-refractivity contribution is 0.647. The van der Waals surface area contributed by atoms with Gasteiger partial charge in [-0.05, 0) is 64.2 Å². The maximum atomic E-state index is 10.4. The van der Waals surface area contributed by atoms with Gasteiger partial charge in [0.1, 0.15) is 17.2 Å². The van der Waals surface area contributed by atoms with Gasteiger partial charge < -0.3 is 8.98 Å². The van der Waals surface area contributed by atoms with Crippen LogP contribution in [0.15, 0.2) is 126 Å². The first-order valence-electron chi connectivity index (χ1n) is 14.7. The number of nitriles is 1. The second kappa shape index (κ2) is 8.47. The van der Waals surface area contributed by atoms with E-state index in [1.165, 1.54) is 33.0 Å². The van der Waals surface area contributed by atoms with E-state index in [0.717, 1.165) is 49.8 Å². The molecule has 0 atom stereocenters. The fourth-order valence-corrected chi connectivity index (χ4v) is 7.50. The molecule has 1 aliphatic carbocycles. The van der Waals surface area contributed by atoms with Crippen molar-refractivity contribution in [3.8, 4) is 34.0 Å². The number of benzene rings is 6. The summed E-state index contributed by atoms with van der Waals surface area (Å²) in [7, 11) is 0. The van der Waals surface area contributed by atoms with Crippen LogP contribution in [-0.4, -0.2) is 4.57 Å². The van der Waals surface area contributed by atoms with Gasteiger partial charge in [-0.25, -0.2) is 0 Å². The topological polar surface area (TPSA) is 41.9 Å². The molecule has 0 bridgehead atoms. The van der Waals surface area contributed by atoms with Gasteiger partial charge in [0.2, 0.25) is 0 Å². The van der Waals surface area contributed by atoms with Gasteiger partial charge in [-0.15, -0.1) is 0 Å². The zero-order chi connectivity index (χ0) is 28.9. The lowest BCUT2D eigenvalue weighted by atomic mass is 9.82. The van der Waals surface area contributed by atoms with Crippen molar-refractivity contribution in [2.24, 2.45) is 0 Å². The first-order chi connectivity index (χ1) is 21.1. The summed E-state index contributed by atoms with van der Waals surface area (Å²) < 4.78 is 8.85. The van der Waals surface area contributed by atoms with Gasteiger partial charge >= 0.3 is 0 Å². The minimum absolute atomic E-state index is 0.104. The maximum absolute atomic E-state index is 10.4. The Hall–Kier alpha value is -5.59. The van der Waals surface area contributed by atoms with Crippen LogP contribution in [0.25, 0.3) is 71.7 Å². The molecule has 6 aromatic carbocycles. The summed E-state index contributed by atoms with van der Waals surface area (Å²) in [6, 6.07) is 45.0. The Labute approximate surface area is 248 Å². The highest BCUT2D eigenvalue weighted by Crippen LogP contribution is 2.51. The number of hydrogen-bond donors (Lipinski definition) is 0. The van der Waals surface area contributed by atoms with Crippen LogP contribution in [0.4, 0.5) is 0 Å². The van der Waals surface area contributed by atoms with Crippen molar-refractivity contribution in [1.29, 1.82) is 5.26 Å². The van der Waals surface area contributed by atoms with E-state index in [4.69, 9.17) is 4.42 Å². The lowest BCUT2D eigenvalue weighted by Crippen LogP contribution is -2.14. The van der Waals surface area contributed by atoms with Crippen molar-refractivity contribution in [2.75, 3.05) is 0 Å². The third-order valence-corrected chi connectivity index (χ3v) is 9.45. The predicted octanol–water partition coefficient (Wildman–Crippen LogP) is 10.5. The van der Waals surface area contributed by atoms with Gasteiger partial charge in [0.25, 0.3) is 0 Å². The van der Waals surface area contributed by atoms with Gasteiger partial charge in [0.05, 0.1) is 22.3 Å². The molecule has 3 heteroatoms. The molecule has 0 fully saturated rings. The minimum Gasteiger partial charge on any atom is -0.456 e. The van der Waals surface area contributed by atoms with Crippen LogP contribution in [0.2, 0.25) is 0 Å². The highest BCUT2D eigenvalue weighted by atomic mass is 16.3. The summed E-state index contributed by atoms with van der Waals surface area (Å²) in [5, 5.41) is 14.9. The second-order valence-corrected chi connectivity index (χ2v) is 12.0. The Morgan fingerprint density at radius 1 is 0.581 bits per heavy atom. The van der Waals surface area contributed by atoms with Gasteiger partial charge in [0.15, 0.2) is 0 Å². The van der Waals surface area contributed by atoms with E-state index < -0.39 is 0 Å². The van der Waals surface area contributed by atoms with Crippen LogP contribution >= 0.6 is 0 Å². The molecule has 2 aromatic heterocycles. The van der Waals surface area contributed by atoms with E-state index >= 15 is 0 Å². The summed E-state index contributed by atoms with van der Waals surface area (Å²) in [5.74, 6) is 0. The minimum atomic E-state index is -0.104. The molecule has 1 aliphatic rings. The summed E-state index contributed by atoms with van der Waals surface area (Å²) in [6.07, 6.45) is 0. The number of hydrogen-bond acceptors (Lipinski definition) is 2. The summed E-state index contributed by atoms with van der Waals surface area (Å²) in [6.45, 7) is 4.59. The Morgan fingerprint density at radius 2 is 1.23 bits per heavy atom. The summed E-state index contributed by atoms with van der Waals surface area (Å²) in [5.41, 5.74) is 12.5. The van der Waals surface area contributed by atoms with Crippen LogP contribution in [0.3, 0.4) is 0 Å². The average molecular weight is 551 g/mol. The molecule has 9 rings (SSSR count). The quantitative estimate of drug-likeness (QED) is 0.215. The van der Waals surface area contributed by atoms with Crippen molar-refractivity contribution in [3.63, 3.8) is 0 Å². The SMILES string of the molecule is CC1(C)c2ccccc2-c2cc3c(cc21)oc1cccc(-c2cccc(C#N)c2-n2c4ccccc4c4ccccc42)c13. The van der Waals surface area contributed by atoms with Gasteiger partial charge in [-0.2, -0.15) is 5.26 Å². The fraction of sp³-hybridized carbons (Fsp3) is 0.0750. The fourth-order valence-electron chi connectivity index (χ4n) is 7.50. The molecule has 202 valence electrons. The molecule has 0 unspecified atom stereocenters. The zero-order valence-corrected chi connectivity index (χ0v) is 23.8. The lowest BCUT2D eigenvalue weighted by Gasteiger charge is -2.21. The number of nitrogens with zero attached hydrogens (tertiary/aromatic N) is 2. The molecular weight excluding hydrogens is 524 g/mol. The molecule has 0 saturated carbocycles. The van der Waals surface area contributed by atoms with Crippen LogP contribution < -0.4 is 0 Å². The number of fused-ring (bicyclic) bond motifs is 9. The number of furan rings is 1. The molecular formula is C40H26N2O. The van der Waals surface area contributed by atoms with E-state index in [2.05, 4.69) is 134 Å². The van der Waals surface area contributed by atoms with E-state index in [0.29, 0.717) is 5.56 Å². The highest BCUT2D eigenvalue weighted by molar-refractivity contribution is 6.16. The number of para-hydroxylation sites is 3. The molecule has 2 heterocycles. The van der Waals surface area contributed by atoms with E-state index in [9.17, 15) is 5.26 Å². The first-order valence-corrected chi connectivity index (χ1v) is 14.7. The Bertz CT molecular complexity index is 2450. The van der Waals surface area contributed by atoms with E-state index in [-0.39, 0.29) is 5.41 Å². The molecule has 43 heavy (non-hydrogen) atoms. The van der Waals surface area contributed by atoms with Crippen LogP contribution in [0.5, 0.6) is 0 Å². The van der Waals surface area contributed by atoms with Crippen molar-refractivity contribution in [2.45, 2.75) is 19.3 Å². The largest absolute Gasteiger partial charge is 0.456 e. The molecule has 0 saturated heterocycles. The summed E-state index contributed by atoms with van der Waals surface area (Å²) >= 11 is 0. The van der Waals surface area contributed by atoms with Crippen molar-refractivity contribution in [3.05, 3.63) is 138 Å². The van der Waals surface area contributed by atoms with Crippen LogP contribution in [0, 0.1) is 11.3 Å². The Balaban J connectivity index is 1.40. The Kier molecular flexibility index (Phi) is 4.74. The number of rotatable bonds is 2. The average Bonchev–Trinajstić information content (AvgIpc) is 3.65. The van der Waals surface area contributed by atoms with Crippen molar-refractivity contribution >= 4 is 43.7 Å². The van der Waals surface area contributed by atoms with E-state index in [1.54, 1.807) is 0 Å². The molecule has 8 aromatic rings. The van der Waals surface area contributed by atoms with Gasteiger partial charge in [0, 0.05) is 32.5 Å². The maximum Gasteiger partial charge on any atom is 0.136 e. The number of aromatic nitrogens is 1. The Morgan fingerprint density at radius 3 is 2.00 bits per heavy atom. The molecule has 0 radical (unpaired) electrons. The third kappa shape index (κ3) is 3.13. The molecule has 0 aliphatic heterocycles. The van der Waals surface area contributed by atoms with Crippen LogP contribution in [0.1, 0.15) is 30.5 Å². The van der Waals surface area contributed by atoms with Crippen molar-refractivity contribution in [1.82, 2.24) is 4.57 Å². The molecule has 3 nitrogen and oxygen atoms in total. The summed E-state index contributed by atoms with van der Waals surface area (Å²) in [4.78, 5) is 0. The van der Waals surface area contributed by atoms with Crippen molar-refractivity contribution < 1.29 is 4.42 Å². The first kappa shape index (κ1) is 24.1. The van der Waals surface area contributed by atoms with Gasteiger partial charge in [-0.3, -0.25) is 0 Å². The standard InChI is InChI=1S/C40H26N2O/c1-40(2)32-17-6-3-12-25(32)30-21-31-37(22-33(30)40)43-36-20-10-15-28(38(31)36)29-16-9-11-24(23-41)39(29)42-34-18-7-4-13-26(34)27-14-5-8-19-35(27)42/h3-22H,1-2H3. The smallest absolute Gasteiger partial charge is 0.136 e. The van der Waals surface area contributed by atoms with Crippen LogP contribution in [-0.2, 0) is 5.41 Å². The van der Waals surface area contributed by atoms with E-state index in [1.807, 2.05) is 12.1 Å².